The van der Waals surface area contributed by atoms with Gasteiger partial charge >= 0.3 is 0 Å². The minimum Gasteiger partial charge on any atom is -0.458 e. The molecule has 0 bridgehead atoms. The Morgan fingerprint density at radius 3 is 2.30 bits per heavy atom. The highest BCUT2D eigenvalue weighted by atomic mass is 19.1. The zero-order valence-corrected chi connectivity index (χ0v) is 28.5. The molecule has 6 rings (SSSR count). The minimum absolute atomic E-state index is 0.0132. The molecular weight excluding hydrogens is 551 g/mol. The van der Waals surface area contributed by atoms with Gasteiger partial charge < -0.3 is 4.74 Å². The number of halogens is 1. The molecule has 3 fully saturated rings. The molecular formula is C39H55FO4. The number of fused-ring (bicyclic) bond motifs is 7. The smallest absolute Gasteiger partial charge is 0.293 e. The van der Waals surface area contributed by atoms with Crippen molar-refractivity contribution in [1.82, 2.24) is 0 Å². The molecule has 0 N–H and O–H groups in total. The van der Waals surface area contributed by atoms with Crippen LogP contribution in [0.5, 0.6) is 0 Å². The molecule has 0 amide bonds. The number of hydrogen-bond acceptors (Lipinski definition) is 4. The summed E-state index contributed by atoms with van der Waals surface area (Å²) in [7, 11) is 0. The lowest BCUT2D eigenvalue weighted by Gasteiger charge is -2.71. The van der Waals surface area contributed by atoms with Crippen molar-refractivity contribution in [3.05, 3.63) is 34.4 Å². The summed E-state index contributed by atoms with van der Waals surface area (Å²) in [4.78, 5) is 38.0. The first-order chi connectivity index (χ1) is 20.6. The third-order valence-corrected chi connectivity index (χ3v) is 15.1. The van der Waals surface area contributed by atoms with E-state index in [2.05, 4.69) is 60.6 Å². The van der Waals surface area contributed by atoms with Gasteiger partial charge in [-0.1, -0.05) is 60.6 Å². The van der Waals surface area contributed by atoms with E-state index < -0.39 is 17.7 Å². The zero-order valence-electron chi connectivity index (χ0n) is 28.5. The molecule has 8 atom stereocenters. The lowest BCUT2D eigenvalue weighted by Crippen LogP contribution is -2.64. The normalized spacial score (nSPS) is 44.6. The standard InChI is InChI=1S/C39H55FO4/c1-24(2)32-29(43)21-39(25(3)42)20-19-36(7)28(33(32)39)9-10-31-35(6)15-13-27(34(4,5)30(35)14-16-37(31,36)8)26-11-17-38(22-40,18-12-26)44-23-41/h11,13,23-24,28,30-31H,9-10,12,14-22H2,1-8H3/t28-,30+,31-,35+,36-,37-,38+,39+/m1/s1. The molecule has 0 unspecified atom stereocenters. The van der Waals surface area contributed by atoms with Crippen LogP contribution < -0.4 is 0 Å². The summed E-state index contributed by atoms with van der Waals surface area (Å²) in [5, 5.41) is 0. The Balaban J connectivity index is 1.36. The summed E-state index contributed by atoms with van der Waals surface area (Å²) >= 11 is 0. The van der Waals surface area contributed by atoms with Gasteiger partial charge in [-0.05, 0) is 132 Å². The molecule has 4 nitrogen and oxygen atoms in total. The first kappa shape index (κ1) is 31.9. The van der Waals surface area contributed by atoms with Crippen molar-refractivity contribution >= 4 is 18.0 Å². The van der Waals surface area contributed by atoms with Gasteiger partial charge in [-0.15, -0.1) is 0 Å². The maximum Gasteiger partial charge on any atom is 0.293 e. The quantitative estimate of drug-likeness (QED) is 0.283. The minimum atomic E-state index is -1.01. The van der Waals surface area contributed by atoms with Crippen molar-refractivity contribution < 1.29 is 23.5 Å². The summed E-state index contributed by atoms with van der Waals surface area (Å²) in [5.41, 5.74) is 3.72. The van der Waals surface area contributed by atoms with Gasteiger partial charge in [-0.25, -0.2) is 4.39 Å². The second-order valence-corrected chi connectivity index (χ2v) is 17.3. The van der Waals surface area contributed by atoms with Crippen LogP contribution in [0.3, 0.4) is 0 Å². The van der Waals surface area contributed by atoms with E-state index in [1.165, 1.54) is 29.6 Å². The zero-order chi connectivity index (χ0) is 32.1. The number of rotatable bonds is 6. The van der Waals surface area contributed by atoms with Crippen molar-refractivity contribution in [1.29, 1.82) is 0 Å². The molecule has 44 heavy (non-hydrogen) atoms. The van der Waals surface area contributed by atoms with Crippen LogP contribution in [0.1, 0.15) is 126 Å². The molecule has 6 aliphatic carbocycles. The fourth-order valence-electron chi connectivity index (χ4n) is 12.7. The second kappa shape index (κ2) is 10.2. The van der Waals surface area contributed by atoms with Gasteiger partial charge in [0.25, 0.3) is 6.47 Å². The van der Waals surface area contributed by atoms with E-state index in [0.717, 1.165) is 44.1 Å². The number of ketones is 2. The third-order valence-electron chi connectivity index (χ3n) is 15.1. The summed E-state index contributed by atoms with van der Waals surface area (Å²) in [5.74, 6) is 1.97. The Bertz CT molecular complexity index is 1370. The molecule has 0 radical (unpaired) electrons. The van der Waals surface area contributed by atoms with Crippen LogP contribution in [-0.4, -0.2) is 30.3 Å². The van der Waals surface area contributed by atoms with Crippen molar-refractivity contribution in [2.75, 3.05) is 6.67 Å². The van der Waals surface area contributed by atoms with Crippen LogP contribution in [-0.2, 0) is 19.1 Å². The lowest BCUT2D eigenvalue weighted by atomic mass is 9.33. The molecule has 0 saturated heterocycles. The SMILES string of the molecule is CC(=O)[C@@]12CC[C@]3(C)[C@H](CC[C@@H]4[C@@]5(C)CC=C(C6=CC[C@](CF)(OC=O)CC6)C(C)(C)[C@@H]5CC[C@]43C)C1=C(C(C)C)C(=O)C2. The summed E-state index contributed by atoms with van der Waals surface area (Å²) in [6.45, 7) is 18.3. The monoisotopic (exact) mass is 606 g/mol. The number of Topliss-reactive ketones (excluding diaryl/α,β-unsaturated/α-hetero) is 2. The van der Waals surface area contributed by atoms with E-state index in [0.29, 0.717) is 43.5 Å². The second-order valence-electron chi connectivity index (χ2n) is 17.3. The van der Waals surface area contributed by atoms with Gasteiger partial charge in [-0.3, -0.25) is 14.4 Å². The van der Waals surface area contributed by atoms with Crippen LogP contribution >= 0.6 is 0 Å². The third kappa shape index (κ3) is 4.01. The summed E-state index contributed by atoms with van der Waals surface area (Å²) in [6, 6.07) is 0. The lowest BCUT2D eigenvalue weighted by molar-refractivity contribution is -0.199. The first-order valence-corrected chi connectivity index (χ1v) is 17.4. The van der Waals surface area contributed by atoms with Gasteiger partial charge in [0.05, 0.1) is 5.41 Å². The Morgan fingerprint density at radius 1 is 0.977 bits per heavy atom. The van der Waals surface area contributed by atoms with Crippen molar-refractivity contribution in [3.63, 3.8) is 0 Å². The van der Waals surface area contributed by atoms with E-state index >= 15 is 0 Å². The van der Waals surface area contributed by atoms with Crippen molar-refractivity contribution in [2.45, 2.75) is 132 Å². The van der Waals surface area contributed by atoms with E-state index in [4.69, 9.17) is 4.74 Å². The van der Waals surface area contributed by atoms with Gasteiger partial charge in [0.15, 0.2) is 5.78 Å². The molecule has 0 aromatic rings. The van der Waals surface area contributed by atoms with Crippen LogP contribution in [0.15, 0.2) is 34.4 Å². The van der Waals surface area contributed by atoms with E-state index in [1.54, 1.807) is 6.92 Å². The maximum absolute atomic E-state index is 13.9. The molecule has 0 aromatic carbocycles. The predicted octanol–water partition coefficient (Wildman–Crippen LogP) is 9.08. The number of carbonyl (C=O) groups excluding carboxylic acids is 3. The maximum atomic E-state index is 13.9. The average molecular weight is 607 g/mol. The largest absolute Gasteiger partial charge is 0.458 e. The fourth-order valence-corrected chi connectivity index (χ4v) is 12.7. The highest BCUT2D eigenvalue weighted by Gasteiger charge is 2.70. The van der Waals surface area contributed by atoms with Crippen LogP contribution in [0, 0.1) is 50.7 Å². The number of alkyl halides is 1. The Kier molecular flexibility index (Phi) is 7.42. The molecule has 3 saturated carbocycles. The van der Waals surface area contributed by atoms with Crippen molar-refractivity contribution in [2.24, 2.45) is 50.7 Å². The number of carbonyl (C=O) groups is 3. The molecule has 5 heteroatoms. The van der Waals surface area contributed by atoms with Crippen LogP contribution in [0.2, 0.25) is 0 Å². The molecule has 0 spiro atoms. The molecule has 6 aliphatic rings. The van der Waals surface area contributed by atoms with Crippen molar-refractivity contribution in [3.8, 4) is 0 Å². The fraction of sp³-hybridized carbons (Fsp3) is 0.769. The molecule has 0 aromatic heterocycles. The van der Waals surface area contributed by atoms with Gasteiger partial charge in [0.2, 0.25) is 0 Å². The van der Waals surface area contributed by atoms with E-state index in [1.807, 2.05) is 0 Å². The highest BCUT2D eigenvalue weighted by Crippen LogP contribution is 2.76. The van der Waals surface area contributed by atoms with Crippen LogP contribution in [0.25, 0.3) is 0 Å². The average Bonchev–Trinajstić information content (AvgIpc) is 3.27. The number of allylic oxidation sites excluding steroid dienone is 5. The number of ether oxygens (including phenoxy) is 1. The summed E-state index contributed by atoms with van der Waals surface area (Å²) in [6.07, 6.45) is 14.2. The first-order valence-electron chi connectivity index (χ1n) is 17.4. The predicted molar refractivity (Wildman–Crippen MR) is 171 cm³/mol. The van der Waals surface area contributed by atoms with E-state index in [-0.39, 0.29) is 39.1 Å². The highest BCUT2D eigenvalue weighted by molar-refractivity contribution is 6.06. The topological polar surface area (TPSA) is 60.4 Å². The molecule has 0 heterocycles. The van der Waals surface area contributed by atoms with Crippen LogP contribution in [0.4, 0.5) is 4.39 Å². The van der Waals surface area contributed by atoms with Gasteiger partial charge in [0, 0.05) is 12.8 Å². The van der Waals surface area contributed by atoms with Gasteiger partial charge in [-0.2, -0.15) is 0 Å². The molecule has 0 aliphatic heterocycles. The number of hydrogen-bond donors (Lipinski definition) is 0. The Labute approximate surface area is 264 Å². The Morgan fingerprint density at radius 2 is 1.70 bits per heavy atom. The Hall–Kier alpha value is -2.04. The van der Waals surface area contributed by atoms with Gasteiger partial charge in [0.1, 0.15) is 18.1 Å². The molecule has 242 valence electrons. The summed E-state index contributed by atoms with van der Waals surface area (Å²) < 4.78 is 19.1. The van der Waals surface area contributed by atoms with E-state index in [9.17, 15) is 18.8 Å².